The zero-order valence-electron chi connectivity index (χ0n) is 16.5. The Morgan fingerprint density at radius 2 is 1.87 bits per heavy atom. The van der Waals surface area contributed by atoms with Crippen molar-refractivity contribution in [1.82, 2.24) is 24.7 Å². The van der Waals surface area contributed by atoms with Gasteiger partial charge in [0.25, 0.3) is 0 Å². The highest BCUT2D eigenvalue weighted by Crippen LogP contribution is 2.31. The highest BCUT2D eigenvalue weighted by Gasteiger charge is 2.31. The lowest BCUT2D eigenvalue weighted by molar-refractivity contribution is -0.137. The van der Waals surface area contributed by atoms with Crippen LogP contribution in [0, 0.1) is 0 Å². The maximum absolute atomic E-state index is 12.9. The minimum absolute atomic E-state index is 0.133. The second-order valence-corrected chi connectivity index (χ2v) is 9.06. The minimum atomic E-state index is -4.43. The van der Waals surface area contributed by atoms with Gasteiger partial charge in [0.2, 0.25) is 21.7 Å². The van der Waals surface area contributed by atoms with Crippen LogP contribution in [0.2, 0.25) is 0 Å². The molecule has 1 aliphatic rings. The van der Waals surface area contributed by atoms with Gasteiger partial charge in [0.05, 0.1) is 18.4 Å². The highest BCUT2D eigenvalue weighted by molar-refractivity contribution is 7.88. The molecule has 0 atom stereocenters. The summed E-state index contributed by atoms with van der Waals surface area (Å²) in [6.07, 6.45) is -2.55. The average Bonchev–Trinajstić information content (AvgIpc) is 3.14. The van der Waals surface area contributed by atoms with E-state index in [9.17, 15) is 21.6 Å². The summed E-state index contributed by atoms with van der Waals surface area (Å²) in [7, 11) is -3.15. The molecule has 0 unspecified atom stereocenters. The van der Waals surface area contributed by atoms with Crippen LogP contribution in [-0.4, -0.2) is 73.9 Å². The van der Waals surface area contributed by atoms with Gasteiger partial charge in [0.1, 0.15) is 0 Å². The molecule has 1 N–H and O–H groups in total. The van der Waals surface area contributed by atoms with Gasteiger partial charge in [0.15, 0.2) is 0 Å². The maximum atomic E-state index is 12.9. The van der Waals surface area contributed by atoms with Crippen molar-refractivity contribution < 1.29 is 26.1 Å². The molecular formula is C18H24F3N5O3S. The molecular weight excluding hydrogens is 423 g/mol. The van der Waals surface area contributed by atoms with Gasteiger partial charge in [-0.25, -0.2) is 13.1 Å². The molecule has 12 heteroatoms. The molecule has 1 saturated heterocycles. The average molecular weight is 447 g/mol. The molecule has 0 saturated carbocycles. The lowest BCUT2D eigenvalue weighted by Gasteiger charge is -2.33. The predicted octanol–water partition coefficient (Wildman–Crippen LogP) is 1.81. The first kappa shape index (κ1) is 22.7. The Kier molecular flexibility index (Phi) is 7.11. The summed E-state index contributed by atoms with van der Waals surface area (Å²) in [5, 5.41) is 3.81. The standard InChI is InChI=1S/C18H24F3N5O3S/c1-30(27,28)22-6-3-7-25-8-10-26(11-9-25)13-16-23-17(24-29-16)14-4-2-5-15(12-14)18(19,20)21/h2,4-5,12,22H,3,6-11,13H2,1H3. The Morgan fingerprint density at radius 1 is 1.17 bits per heavy atom. The summed E-state index contributed by atoms with van der Waals surface area (Å²) in [5.41, 5.74) is -0.499. The van der Waals surface area contributed by atoms with Crippen molar-refractivity contribution in [2.24, 2.45) is 0 Å². The number of hydrogen-bond donors (Lipinski definition) is 1. The second kappa shape index (κ2) is 9.41. The molecule has 0 amide bonds. The van der Waals surface area contributed by atoms with Crippen LogP contribution in [0.5, 0.6) is 0 Å². The lowest BCUT2D eigenvalue weighted by Crippen LogP contribution is -2.46. The molecule has 2 heterocycles. The summed E-state index contributed by atoms with van der Waals surface area (Å²) in [6.45, 7) is 4.86. The molecule has 0 spiro atoms. The Balaban J connectivity index is 1.47. The Labute approximate surface area is 173 Å². The molecule has 166 valence electrons. The van der Waals surface area contributed by atoms with Crippen LogP contribution < -0.4 is 4.72 Å². The number of alkyl halides is 3. The van der Waals surface area contributed by atoms with E-state index < -0.39 is 21.8 Å². The van der Waals surface area contributed by atoms with Crippen LogP contribution in [0.15, 0.2) is 28.8 Å². The van der Waals surface area contributed by atoms with Crippen molar-refractivity contribution >= 4 is 10.0 Å². The molecule has 3 rings (SSSR count). The molecule has 0 aliphatic carbocycles. The SMILES string of the molecule is CS(=O)(=O)NCCCN1CCN(Cc2nc(-c3cccc(C(F)(F)F)c3)no2)CC1. The van der Waals surface area contributed by atoms with Crippen molar-refractivity contribution in [3.05, 3.63) is 35.7 Å². The van der Waals surface area contributed by atoms with E-state index >= 15 is 0 Å². The van der Waals surface area contributed by atoms with Crippen molar-refractivity contribution in [2.45, 2.75) is 19.1 Å². The smallest absolute Gasteiger partial charge is 0.338 e. The summed E-state index contributed by atoms with van der Waals surface area (Å²) in [5.74, 6) is 0.487. The number of halogens is 3. The molecule has 8 nitrogen and oxygen atoms in total. The van der Waals surface area contributed by atoms with Crippen LogP contribution in [0.4, 0.5) is 13.2 Å². The van der Waals surface area contributed by atoms with Crippen molar-refractivity contribution in [3.63, 3.8) is 0 Å². The van der Waals surface area contributed by atoms with Gasteiger partial charge in [-0.05, 0) is 25.1 Å². The first-order chi connectivity index (χ1) is 14.1. The summed E-state index contributed by atoms with van der Waals surface area (Å²) in [4.78, 5) is 8.62. The predicted molar refractivity (Wildman–Crippen MR) is 104 cm³/mol. The lowest BCUT2D eigenvalue weighted by atomic mass is 10.1. The van der Waals surface area contributed by atoms with Crippen LogP contribution in [-0.2, 0) is 22.7 Å². The Hall–Kier alpha value is -2.02. The van der Waals surface area contributed by atoms with E-state index in [1.807, 2.05) is 0 Å². The van der Waals surface area contributed by atoms with E-state index in [1.165, 1.54) is 12.1 Å². The van der Waals surface area contributed by atoms with E-state index in [1.54, 1.807) is 0 Å². The van der Waals surface area contributed by atoms with E-state index in [2.05, 4.69) is 24.7 Å². The van der Waals surface area contributed by atoms with Crippen LogP contribution >= 0.6 is 0 Å². The van der Waals surface area contributed by atoms with E-state index in [-0.39, 0.29) is 11.4 Å². The first-order valence-electron chi connectivity index (χ1n) is 9.50. The molecule has 1 aliphatic heterocycles. The van der Waals surface area contributed by atoms with Gasteiger partial charge in [-0.1, -0.05) is 17.3 Å². The van der Waals surface area contributed by atoms with Gasteiger partial charge < -0.3 is 9.42 Å². The van der Waals surface area contributed by atoms with Crippen molar-refractivity contribution in [3.8, 4) is 11.4 Å². The maximum Gasteiger partial charge on any atom is 0.416 e. The van der Waals surface area contributed by atoms with Gasteiger partial charge in [0, 0.05) is 38.3 Å². The molecule has 0 radical (unpaired) electrons. The second-order valence-electron chi connectivity index (χ2n) is 7.23. The first-order valence-corrected chi connectivity index (χ1v) is 11.4. The summed E-state index contributed by atoms with van der Waals surface area (Å²) in [6, 6.07) is 4.84. The van der Waals surface area contributed by atoms with Gasteiger partial charge in [-0.15, -0.1) is 0 Å². The fraction of sp³-hybridized carbons (Fsp3) is 0.556. The van der Waals surface area contributed by atoms with Crippen LogP contribution in [0.25, 0.3) is 11.4 Å². The molecule has 1 aromatic carbocycles. The fourth-order valence-corrected chi connectivity index (χ4v) is 3.71. The van der Waals surface area contributed by atoms with E-state index in [4.69, 9.17) is 4.52 Å². The Bertz CT molecular complexity index is 941. The topological polar surface area (TPSA) is 91.6 Å². The van der Waals surface area contributed by atoms with Crippen molar-refractivity contribution in [2.75, 3.05) is 45.5 Å². The third-order valence-corrected chi connectivity index (χ3v) is 5.48. The normalized spacial score (nSPS) is 16.8. The quantitative estimate of drug-likeness (QED) is 0.617. The number of sulfonamides is 1. The van der Waals surface area contributed by atoms with Crippen molar-refractivity contribution in [1.29, 1.82) is 0 Å². The largest absolute Gasteiger partial charge is 0.416 e. The summed E-state index contributed by atoms with van der Waals surface area (Å²) >= 11 is 0. The minimum Gasteiger partial charge on any atom is -0.338 e. The van der Waals surface area contributed by atoms with Crippen LogP contribution in [0.3, 0.4) is 0 Å². The van der Waals surface area contributed by atoms with E-state index in [0.29, 0.717) is 19.0 Å². The monoisotopic (exact) mass is 447 g/mol. The molecule has 30 heavy (non-hydrogen) atoms. The number of nitrogens with zero attached hydrogens (tertiary/aromatic N) is 4. The number of piperazine rings is 1. The number of benzene rings is 1. The number of aromatic nitrogens is 2. The zero-order valence-corrected chi connectivity index (χ0v) is 17.3. The third kappa shape index (κ3) is 6.76. The molecule has 2 aromatic rings. The Morgan fingerprint density at radius 3 is 2.53 bits per heavy atom. The number of hydrogen-bond acceptors (Lipinski definition) is 7. The molecule has 1 aromatic heterocycles. The molecule has 0 bridgehead atoms. The van der Waals surface area contributed by atoms with Crippen LogP contribution in [0.1, 0.15) is 17.9 Å². The summed E-state index contributed by atoms with van der Waals surface area (Å²) < 4.78 is 68.4. The third-order valence-electron chi connectivity index (χ3n) is 4.76. The molecule has 1 fully saturated rings. The number of rotatable bonds is 8. The van der Waals surface area contributed by atoms with Gasteiger partial charge >= 0.3 is 6.18 Å². The van der Waals surface area contributed by atoms with Gasteiger partial charge in [-0.2, -0.15) is 18.2 Å². The highest BCUT2D eigenvalue weighted by atomic mass is 32.2. The van der Waals surface area contributed by atoms with E-state index in [0.717, 1.165) is 57.5 Å². The number of nitrogens with one attached hydrogen (secondary N) is 1. The fourth-order valence-electron chi connectivity index (χ4n) is 3.19. The van der Waals surface area contributed by atoms with Gasteiger partial charge in [-0.3, -0.25) is 4.90 Å². The zero-order chi connectivity index (χ0) is 21.8.